The summed E-state index contributed by atoms with van der Waals surface area (Å²) in [6.45, 7) is 2.87. The molecule has 1 unspecified atom stereocenters. The Labute approximate surface area is 110 Å². The van der Waals surface area contributed by atoms with Crippen LogP contribution in [0.3, 0.4) is 0 Å². The predicted molar refractivity (Wildman–Crippen MR) is 76.1 cm³/mol. The maximum Gasteiger partial charge on any atom is 0.0832 e. The van der Waals surface area contributed by atoms with Crippen LogP contribution in [0, 0.1) is 0 Å². The monoisotopic (exact) mass is 263 g/mol. The van der Waals surface area contributed by atoms with Gasteiger partial charge in [-0.3, -0.25) is 4.98 Å². The normalized spacial score (nSPS) is 24.3. The molecule has 18 heavy (non-hydrogen) atoms. The van der Waals surface area contributed by atoms with Gasteiger partial charge in [-0.1, -0.05) is 0 Å². The van der Waals surface area contributed by atoms with Gasteiger partial charge in [0.25, 0.3) is 0 Å². The van der Waals surface area contributed by atoms with Crippen molar-refractivity contribution >= 4 is 32.9 Å². The van der Waals surface area contributed by atoms with E-state index in [1.165, 1.54) is 0 Å². The highest BCUT2D eigenvalue weighted by Crippen LogP contribution is 2.33. The van der Waals surface area contributed by atoms with Gasteiger partial charge in [0.05, 0.1) is 40.5 Å². The van der Waals surface area contributed by atoms with Gasteiger partial charge in [-0.25, -0.2) is 0 Å². The van der Waals surface area contributed by atoms with Crippen LogP contribution < -0.4 is 11.1 Å². The van der Waals surface area contributed by atoms with E-state index in [2.05, 4.69) is 17.2 Å². The minimum atomic E-state index is 0.344. The number of rotatable bonds is 2. The molecule has 96 valence electrons. The van der Waals surface area contributed by atoms with Gasteiger partial charge in [-0.2, -0.15) is 0 Å². The molecule has 1 aliphatic rings. The SMILES string of the molecule is CC1CC[C@H](Nc2c(N)cnc3ccsc23)CO1. The average molecular weight is 263 g/mol. The van der Waals surface area contributed by atoms with Crippen molar-refractivity contribution in [2.45, 2.75) is 31.9 Å². The molecule has 5 heteroatoms. The van der Waals surface area contributed by atoms with Crippen molar-refractivity contribution < 1.29 is 4.74 Å². The summed E-state index contributed by atoms with van der Waals surface area (Å²) in [5.74, 6) is 0. The number of anilines is 2. The molecule has 1 fully saturated rings. The van der Waals surface area contributed by atoms with Crippen molar-refractivity contribution in [3.63, 3.8) is 0 Å². The molecule has 3 heterocycles. The highest BCUT2D eigenvalue weighted by molar-refractivity contribution is 7.17. The van der Waals surface area contributed by atoms with E-state index in [1.54, 1.807) is 17.5 Å². The van der Waals surface area contributed by atoms with E-state index in [-0.39, 0.29) is 0 Å². The lowest BCUT2D eigenvalue weighted by molar-refractivity contribution is 0.0214. The zero-order valence-corrected chi connectivity index (χ0v) is 11.2. The van der Waals surface area contributed by atoms with Gasteiger partial charge in [-0.15, -0.1) is 11.3 Å². The first-order chi connectivity index (χ1) is 8.74. The van der Waals surface area contributed by atoms with Gasteiger partial charge in [0, 0.05) is 6.04 Å². The molecular weight excluding hydrogens is 246 g/mol. The van der Waals surface area contributed by atoms with Crippen LogP contribution in [0.15, 0.2) is 17.6 Å². The first-order valence-corrected chi connectivity index (χ1v) is 7.12. The Hall–Kier alpha value is -1.33. The third-order valence-electron chi connectivity index (χ3n) is 3.35. The summed E-state index contributed by atoms with van der Waals surface area (Å²) in [5.41, 5.74) is 8.76. The van der Waals surface area contributed by atoms with Crippen LogP contribution in [-0.4, -0.2) is 23.7 Å². The molecular formula is C13H17N3OS. The van der Waals surface area contributed by atoms with Crippen molar-refractivity contribution in [2.75, 3.05) is 17.7 Å². The number of hydrogen-bond donors (Lipinski definition) is 2. The lowest BCUT2D eigenvalue weighted by Gasteiger charge is -2.28. The Kier molecular flexibility index (Phi) is 3.09. The van der Waals surface area contributed by atoms with Crippen LogP contribution in [0.5, 0.6) is 0 Å². The number of aromatic nitrogens is 1. The second-order valence-electron chi connectivity index (χ2n) is 4.79. The summed E-state index contributed by atoms with van der Waals surface area (Å²) in [6, 6.07) is 2.36. The molecule has 3 N–H and O–H groups in total. The summed E-state index contributed by atoms with van der Waals surface area (Å²) in [4.78, 5) is 4.32. The summed E-state index contributed by atoms with van der Waals surface area (Å²) in [6.07, 6.45) is 4.31. The lowest BCUT2D eigenvalue weighted by Crippen LogP contribution is -2.33. The smallest absolute Gasteiger partial charge is 0.0832 e. The zero-order valence-electron chi connectivity index (χ0n) is 10.3. The number of ether oxygens (including phenoxy) is 1. The number of nitrogen functional groups attached to an aromatic ring is 1. The Balaban J connectivity index is 1.85. The summed E-state index contributed by atoms with van der Waals surface area (Å²) < 4.78 is 6.81. The highest BCUT2D eigenvalue weighted by atomic mass is 32.1. The number of fused-ring (bicyclic) bond motifs is 1. The average Bonchev–Trinajstić information content (AvgIpc) is 2.84. The quantitative estimate of drug-likeness (QED) is 0.874. The van der Waals surface area contributed by atoms with Crippen molar-refractivity contribution in [3.05, 3.63) is 17.6 Å². The maximum atomic E-state index is 6.03. The van der Waals surface area contributed by atoms with E-state index in [4.69, 9.17) is 10.5 Å². The van der Waals surface area contributed by atoms with E-state index in [1.807, 2.05) is 11.4 Å². The van der Waals surface area contributed by atoms with Gasteiger partial charge in [0.15, 0.2) is 0 Å². The largest absolute Gasteiger partial charge is 0.396 e. The van der Waals surface area contributed by atoms with E-state index in [0.29, 0.717) is 17.8 Å². The number of pyridine rings is 1. The number of thiophene rings is 1. The van der Waals surface area contributed by atoms with Crippen LogP contribution in [0.4, 0.5) is 11.4 Å². The fourth-order valence-corrected chi connectivity index (χ4v) is 3.14. The van der Waals surface area contributed by atoms with Crippen LogP contribution in [-0.2, 0) is 4.74 Å². The molecule has 2 atom stereocenters. The van der Waals surface area contributed by atoms with Crippen molar-refractivity contribution in [3.8, 4) is 0 Å². The second-order valence-corrected chi connectivity index (χ2v) is 5.70. The fraction of sp³-hybridized carbons (Fsp3) is 0.462. The Bertz CT molecular complexity index is 546. The molecule has 3 rings (SSSR count). The van der Waals surface area contributed by atoms with Crippen LogP contribution in [0.1, 0.15) is 19.8 Å². The third-order valence-corrected chi connectivity index (χ3v) is 4.28. The summed E-state index contributed by atoms with van der Waals surface area (Å²) >= 11 is 1.67. The fourth-order valence-electron chi connectivity index (χ4n) is 2.28. The molecule has 0 radical (unpaired) electrons. The Morgan fingerprint density at radius 1 is 1.50 bits per heavy atom. The molecule has 1 saturated heterocycles. The second kappa shape index (κ2) is 4.74. The highest BCUT2D eigenvalue weighted by Gasteiger charge is 2.20. The molecule has 4 nitrogen and oxygen atoms in total. The standard InChI is InChI=1S/C13H17N3OS/c1-8-2-3-9(7-17-8)16-12-10(14)6-15-11-4-5-18-13(11)12/h4-6,8-9H,2-3,7,14H2,1H3,(H,15,16)/t8?,9-/m0/s1. The molecule has 0 bridgehead atoms. The molecule has 2 aromatic rings. The van der Waals surface area contributed by atoms with E-state index >= 15 is 0 Å². The lowest BCUT2D eigenvalue weighted by atomic mass is 10.1. The Morgan fingerprint density at radius 3 is 3.17 bits per heavy atom. The molecule has 0 amide bonds. The van der Waals surface area contributed by atoms with Crippen LogP contribution in [0.2, 0.25) is 0 Å². The first-order valence-electron chi connectivity index (χ1n) is 6.24. The molecule has 0 aliphatic carbocycles. The van der Waals surface area contributed by atoms with E-state index in [9.17, 15) is 0 Å². The minimum absolute atomic E-state index is 0.344. The first kappa shape index (κ1) is 11.7. The van der Waals surface area contributed by atoms with Crippen molar-refractivity contribution in [1.82, 2.24) is 4.98 Å². The maximum absolute atomic E-state index is 6.03. The number of nitrogens with two attached hydrogens (primary N) is 1. The number of nitrogens with zero attached hydrogens (tertiary/aromatic N) is 1. The third kappa shape index (κ3) is 2.15. The summed E-state index contributed by atoms with van der Waals surface area (Å²) in [7, 11) is 0. The van der Waals surface area contributed by atoms with Gasteiger partial charge in [0.1, 0.15) is 0 Å². The predicted octanol–water partition coefficient (Wildman–Crippen LogP) is 2.86. The molecule has 2 aromatic heterocycles. The number of hydrogen-bond acceptors (Lipinski definition) is 5. The summed E-state index contributed by atoms with van der Waals surface area (Å²) in [5, 5.41) is 5.56. The Morgan fingerprint density at radius 2 is 2.39 bits per heavy atom. The van der Waals surface area contributed by atoms with Gasteiger partial charge < -0.3 is 15.8 Å². The van der Waals surface area contributed by atoms with Crippen LogP contribution in [0.25, 0.3) is 10.2 Å². The van der Waals surface area contributed by atoms with Gasteiger partial charge in [-0.05, 0) is 31.2 Å². The topological polar surface area (TPSA) is 60.2 Å². The van der Waals surface area contributed by atoms with Gasteiger partial charge >= 0.3 is 0 Å². The molecule has 0 saturated carbocycles. The minimum Gasteiger partial charge on any atom is -0.396 e. The van der Waals surface area contributed by atoms with Crippen LogP contribution >= 0.6 is 11.3 Å². The molecule has 0 spiro atoms. The van der Waals surface area contributed by atoms with Crippen molar-refractivity contribution in [2.24, 2.45) is 0 Å². The molecule has 1 aliphatic heterocycles. The van der Waals surface area contributed by atoms with Crippen molar-refractivity contribution in [1.29, 1.82) is 0 Å². The van der Waals surface area contributed by atoms with Gasteiger partial charge in [0.2, 0.25) is 0 Å². The van der Waals surface area contributed by atoms with E-state index in [0.717, 1.165) is 35.4 Å². The zero-order chi connectivity index (χ0) is 12.5. The molecule has 0 aromatic carbocycles. The number of nitrogens with one attached hydrogen (secondary N) is 1. The van der Waals surface area contributed by atoms with E-state index < -0.39 is 0 Å².